The molecule has 302 valence electrons. The van der Waals surface area contributed by atoms with Crippen LogP contribution in [0.15, 0.2) is 23.3 Å². The number of esters is 1. The molecular weight excluding hydrogens is 681 g/mol. The predicted molar refractivity (Wildman–Crippen MR) is 205 cm³/mol. The molecule has 10 nitrogen and oxygen atoms in total. The quantitative estimate of drug-likeness (QED) is 0.0789. The van der Waals surface area contributed by atoms with Gasteiger partial charge in [0.05, 0.1) is 39.4 Å². The largest absolute Gasteiger partial charge is 0.463 e. The first kappa shape index (κ1) is 40.3. The lowest BCUT2D eigenvalue weighted by Gasteiger charge is -2.43. The van der Waals surface area contributed by atoms with Crippen molar-refractivity contribution in [1.82, 2.24) is 5.32 Å². The summed E-state index contributed by atoms with van der Waals surface area (Å²) in [6, 6.07) is 0.343. The average molecular weight is 754 g/mol. The van der Waals surface area contributed by atoms with Gasteiger partial charge in [-0.05, 0) is 113 Å². The maximum Gasteiger partial charge on any atom is 0.350 e. The number of hydrogen-bond donors (Lipinski definition) is 5. The molecule has 13 atom stereocenters. The molecule has 0 aromatic heterocycles. The Morgan fingerprint density at radius 1 is 1.09 bits per heavy atom. The van der Waals surface area contributed by atoms with Crippen molar-refractivity contribution < 1.29 is 44.9 Å². The topological polar surface area (TPSA) is 155 Å². The van der Waals surface area contributed by atoms with E-state index in [4.69, 9.17) is 9.47 Å². The summed E-state index contributed by atoms with van der Waals surface area (Å²) in [6.07, 6.45) is 18.8. The van der Waals surface area contributed by atoms with E-state index in [-0.39, 0.29) is 43.0 Å². The fraction of sp³-hybridized carbons (Fsp3) is 0.841. The van der Waals surface area contributed by atoms with Gasteiger partial charge in [0.15, 0.2) is 17.2 Å². The Hall–Kier alpha value is -1.95. The second-order valence-corrected chi connectivity index (χ2v) is 19.1. The maximum absolute atomic E-state index is 15.0. The van der Waals surface area contributed by atoms with Crippen molar-refractivity contribution in [2.75, 3.05) is 33.4 Å². The summed E-state index contributed by atoms with van der Waals surface area (Å²) < 4.78 is 12.8. The highest BCUT2D eigenvalue weighted by Crippen LogP contribution is 2.63. The zero-order valence-corrected chi connectivity index (χ0v) is 34.0. The number of ether oxygens (including phenoxy) is 2. The van der Waals surface area contributed by atoms with Crippen LogP contribution in [-0.4, -0.2) is 85.6 Å². The number of fused-ring (bicyclic) bond motifs is 4. The summed E-state index contributed by atoms with van der Waals surface area (Å²) in [4.78, 5) is 44.5. The smallest absolute Gasteiger partial charge is 0.350 e. The second kappa shape index (κ2) is 16.9. The lowest BCUT2D eigenvalue weighted by molar-refractivity contribution is -0.739. The Labute approximate surface area is 324 Å². The van der Waals surface area contributed by atoms with E-state index in [2.05, 4.69) is 68.2 Å². The van der Waals surface area contributed by atoms with E-state index in [0.29, 0.717) is 54.4 Å². The van der Waals surface area contributed by atoms with Crippen LogP contribution in [0.4, 0.5) is 0 Å². The second-order valence-electron chi connectivity index (χ2n) is 19.1. The molecule has 6 fully saturated rings. The molecule has 3 saturated carbocycles. The summed E-state index contributed by atoms with van der Waals surface area (Å²) in [5, 5.41) is 21.8. The zero-order chi connectivity index (χ0) is 38.2. The molecule has 6 unspecified atom stereocenters. The molecule has 3 saturated heterocycles. The number of quaternary nitrogens is 3. The third-order valence-electron chi connectivity index (χ3n) is 15.5. The third kappa shape index (κ3) is 7.46. The highest BCUT2D eigenvalue weighted by Gasteiger charge is 2.87. The van der Waals surface area contributed by atoms with Gasteiger partial charge in [-0.2, -0.15) is 0 Å². The minimum Gasteiger partial charge on any atom is -0.463 e. The van der Waals surface area contributed by atoms with E-state index in [1.807, 2.05) is 0 Å². The molecule has 7 aliphatic rings. The highest BCUT2D eigenvalue weighted by atomic mass is 16.7. The van der Waals surface area contributed by atoms with E-state index in [0.717, 1.165) is 75.6 Å². The van der Waals surface area contributed by atoms with Crippen LogP contribution >= 0.6 is 0 Å². The minimum atomic E-state index is -1.92. The predicted octanol–water partition coefficient (Wildman–Crippen LogP) is 2.12. The third-order valence-corrected chi connectivity index (χ3v) is 15.5. The first-order valence-electron chi connectivity index (χ1n) is 22.2. The molecule has 0 aromatic carbocycles. The van der Waals surface area contributed by atoms with E-state index in [9.17, 15) is 19.5 Å². The number of rotatable bonds is 14. The summed E-state index contributed by atoms with van der Waals surface area (Å²) >= 11 is 0. The summed E-state index contributed by atoms with van der Waals surface area (Å²) in [5.74, 6) is 1.02. The molecule has 4 aliphatic carbocycles. The molecule has 7 rings (SSSR count). The van der Waals surface area contributed by atoms with Gasteiger partial charge in [-0.25, -0.2) is 10.1 Å². The van der Waals surface area contributed by atoms with Gasteiger partial charge in [0, 0.05) is 42.9 Å². The van der Waals surface area contributed by atoms with Crippen LogP contribution in [0, 0.1) is 53.3 Å². The average Bonchev–Trinajstić information content (AvgIpc) is 3.88. The summed E-state index contributed by atoms with van der Waals surface area (Å²) in [5.41, 5.74) is -1.72. The SMILES string of the molecule is CC[NH2+][C@@H]1C[C@@H]2C=CCC[C@H]2C[C@@H]1COC(=O)[C@]12O[C@@]1(CC(CO)=C(C)CCC1CC[NH2+]C3N[C@@H]([NH2+]C)CCC13)C(=O)C1CCCC(CC(C)C)C1C2=O. The fourth-order valence-electron chi connectivity index (χ4n) is 12.6. The number of carbonyl (C=O) groups is 3. The van der Waals surface area contributed by atoms with Crippen LogP contribution in [0.1, 0.15) is 118 Å². The van der Waals surface area contributed by atoms with Crippen molar-refractivity contribution in [3.63, 3.8) is 0 Å². The van der Waals surface area contributed by atoms with Crippen LogP contribution in [0.25, 0.3) is 0 Å². The van der Waals surface area contributed by atoms with Gasteiger partial charge in [-0.3, -0.25) is 9.59 Å². The number of nitrogens with one attached hydrogen (secondary N) is 1. The Morgan fingerprint density at radius 2 is 1.93 bits per heavy atom. The molecular formula is C44H73N4O6+3. The Balaban J connectivity index is 1.12. The lowest BCUT2D eigenvalue weighted by atomic mass is 9.56. The molecule has 0 spiro atoms. The van der Waals surface area contributed by atoms with Crippen molar-refractivity contribution in [3.05, 3.63) is 23.3 Å². The van der Waals surface area contributed by atoms with Crippen LogP contribution in [0.5, 0.6) is 0 Å². The Kier molecular flexibility index (Phi) is 12.6. The van der Waals surface area contributed by atoms with Crippen molar-refractivity contribution >= 4 is 17.5 Å². The molecule has 54 heavy (non-hydrogen) atoms. The minimum absolute atomic E-state index is 0.0520. The molecule has 10 heteroatoms. The number of aliphatic hydroxyl groups excluding tert-OH is 1. The van der Waals surface area contributed by atoms with Gasteiger partial charge in [0.2, 0.25) is 0 Å². The van der Waals surface area contributed by atoms with Crippen molar-refractivity contribution in [1.29, 1.82) is 0 Å². The molecule has 8 N–H and O–H groups in total. The number of piperidine rings is 2. The van der Waals surface area contributed by atoms with Gasteiger partial charge < -0.3 is 30.5 Å². The first-order chi connectivity index (χ1) is 26.1. The summed E-state index contributed by atoms with van der Waals surface area (Å²) in [6.45, 7) is 10.7. The number of nitrogens with two attached hydrogens (primary N) is 3. The van der Waals surface area contributed by atoms with E-state index in [1.54, 1.807) is 0 Å². The number of ketones is 2. The Bertz CT molecular complexity index is 1450. The standard InChI is InChI=1S/C44H70N4O6/c1-6-46-36-22-30-11-8-7-10-29(30)21-32(36)25-53-42(52)44-40(51)38-31(20-26(2)3)12-9-13-35(38)39(50)43(44,54-44)23-33(24-49)27(4)14-15-28-18-19-47-41-34(28)16-17-37(45-5)48-41/h8,11,26,28-32,34-38,41,45-49H,6-7,9-10,12-25H2,1-5H3/p+3/t28?,29-,30-,31?,32+,34?,35?,36+,37+,38?,41?,43-,44-/m0/s1. The first-order valence-corrected chi connectivity index (χ1v) is 22.2. The van der Waals surface area contributed by atoms with E-state index in [1.165, 1.54) is 25.7 Å². The van der Waals surface area contributed by atoms with Gasteiger partial charge >= 0.3 is 5.97 Å². The van der Waals surface area contributed by atoms with E-state index >= 15 is 0 Å². The number of Topliss-reactive ketones (excluding diaryl/α,β-unsaturated/α-hetero) is 2. The molecule has 3 heterocycles. The van der Waals surface area contributed by atoms with Gasteiger partial charge in [-0.15, -0.1) is 0 Å². The fourth-order valence-corrected chi connectivity index (χ4v) is 12.6. The zero-order valence-electron chi connectivity index (χ0n) is 34.0. The number of carbonyl (C=O) groups excluding carboxylic acids is 3. The van der Waals surface area contributed by atoms with Crippen molar-refractivity contribution in [2.24, 2.45) is 53.3 Å². The summed E-state index contributed by atoms with van der Waals surface area (Å²) in [7, 11) is 2.14. The van der Waals surface area contributed by atoms with Crippen LogP contribution in [0.2, 0.25) is 0 Å². The van der Waals surface area contributed by atoms with Gasteiger partial charge in [0.25, 0.3) is 5.60 Å². The highest BCUT2D eigenvalue weighted by molar-refractivity contribution is 6.23. The lowest BCUT2D eigenvalue weighted by Crippen LogP contribution is -3.02. The number of allylic oxidation sites excluding steroid dienone is 3. The van der Waals surface area contributed by atoms with Crippen molar-refractivity contribution in [2.45, 2.75) is 147 Å². The molecule has 3 aliphatic heterocycles. The van der Waals surface area contributed by atoms with Crippen LogP contribution in [0.3, 0.4) is 0 Å². The van der Waals surface area contributed by atoms with Crippen molar-refractivity contribution in [3.8, 4) is 0 Å². The molecule has 0 amide bonds. The van der Waals surface area contributed by atoms with Gasteiger partial charge in [-0.1, -0.05) is 38.0 Å². The van der Waals surface area contributed by atoms with Gasteiger partial charge in [0.1, 0.15) is 12.3 Å². The molecule has 0 radical (unpaired) electrons. The molecule has 0 aromatic rings. The monoisotopic (exact) mass is 754 g/mol. The number of epoxide rings is 1. The molecule has 0 bridgehead atoms. The maximum atomic E-state index is 15.0. The normalized spacial score (nSPS) is 42.0. The Morgan fingerprint density at radius 3 is 2.69 bits per heavy atom. The number of hydrogen-bond acceptors (Lipinski definition) is 7. The number of aliphatic hydroxyl groups is 1. The van der Waals surface area contributed by atoms with Crippen LogP contribution < -0.4 is 21.3 Å². The van der Waals surface area contributed by atoms with Crippen LogP contribution in [-0.2, 0) is 23.9 Å². The van der Waals surface area contributed by atoms with E-state index < -0.39 is 29.0 Å².